The van der Waals surface area contributed by atoms with Gasteiger partial charge in [0.05, 0.1) is 22.0 Å². The van der Waals surface area contributed by atoms with Gasteiger partial charge in [0.2, 0.25) is 5.91 Å². The van der Waals surface area contributed by atoms with Gasteiger partial charge in [-0.25, -0.2) is 13.8 Å². The zero-order chi connectivity index (χ0) is 20.4. The minimum absolute atomic E-state index is 0.0109. The van der Waals surface area contributed by atoms with E-state index in [-0.39, 0.29) is 23.0 Å². The molecule has 1 aliphatic rings. The van der Waals surface area contributed by atoms with Crippen LogP contribution in [0, 0.1) is 11.6 Å². The monoisotopic (exact) mass is 431 g/mol. The van der Waals surface area contributed by atoms with E-state index in [1.165, 1.54) is 64.9 Å². The number of rotatable bonds is 5. The van der Waals surface area contributed by atoms with E-state index in [2.05, 4.69) is 10.3 Å². The Labute approximate surface area is 173 Å². The second-order valence-electron chi connectivity index (χ2n) is 6.23. The van der Waals surface area contributed by atoms with Crippen LogP contribution in [0.5, 0.6) is 0 Å². The summed E-state index contributed by atoms with van der Waals surface area (Å²) < 4.78 is 27.7. The predicted molar refractivity (Wildman–Crippen MR) is 110 cm³/mol. The zero-order valence-electron chi connectivity index (χ0n) is 15.0. The molecule has 4 rings (SSSR count). The summed E-state index contributed by atoms with van der Waals surface area (Å²) in [7, 11) is 0. The Morgan fingerprint density at radius 3 is 2.45 bits per heavy atom. The number of hydrogen-bond donors (Lipinski definition) is 1. The first kappa shape index (κ1) is 19.7. The van der Waals surface area contributed by atoms with Gasteiger partial charge in [-0.2, -0.15) is 0 Å². The maximum Gasteiger partial charge on any atom is 0.272 e. The lowest BCUT2D eigenvalue weighted by atomic mass is 10.3. The Morgan fingerprint density at radius 1 is 1.10 bits per heavy atom. The number of aromatic nitrogens is 2. The van der Waals surface area contributed by atoms with E-state index in [4.69, 9.17) is 0 Å². The molecule has 2 heterocycles. The highest BCUT2D eigenvalue weighted by Crippen LogP contribution is 2.30. The molecule has 0 spiro atoms. The van der Waals surface area contributed by atoms with Crippen LogP contribution in [0.25, 0.3) is 5.69 Å². The number of fused-ring (bicyclic) bond motifs is 1. The van der Waals surface area contributed by atoms with Crippen molar-refractivity contribution in [2.24, 2.45) is 0 Å². The van der Waals surface area contributed by atoms with Crippen LogP contribution in [0.2, 0.25) is 0 Å². The molecule has 0 bridgehead atoms. The van der Waals surface area contributed by atoms with Gasteiger partial charge in [0.1, 0.15) is 11.6 Å². The van der Waals surface area contributed by atoms with Gasteiger partial charge >= 0.3 is 0 Å². The molecular formula is C20H15F2N3O2S2. The lowest BCUT2D eigenvalue weighted by Crippen LogP contribution is -2.24. The molecule has 0 aliphatic carbocycles. The first-order chi connectivity index (χ1) is 14.0. The highest BCUT2D eigenvalue weighted by atomic mass is 32.2. The van der Waals surface area contributed by atoms with E-state index in [9.17, 15) is 18.4 Å². The summed E-state index contributed by atoms with van der Waals surface area (Å²) in [5.74, 6) is -0.313. The molecule has 5 nitrogen and oxygen atoms in total. The maximum absolute atomic E-state index is 13.3. The summed E-state index contributed by atoms with van der Waals surface area (Å²) in [6.07, 6.45) is 0.689. The van der Waals surface area contributed by atoms with Crippen molar-refractivity contribution >= 4 is 35.1 Å². The Hall–Kier alpha value is -2.65. The second kappa shape index (κ2) is 8.38. The topological polar surface area (TPSA) is 64.0 Å². The van der Waals surface area contributed by atoms with Crippen LogP contribution in [0.4, 0.5) is 14.5 Å². The third-order valence-corrected chi connectivity index (χ3v) is 6.26. The largest absolute Gasteiger partial charge is 0.325 e. The number of hydrogen-bond acceptors (Lipinski definition) is 5. The van der Waals surface area contributed by atoms with Crippen LogP contribution in [-0.4, -0.2) is 27.0 Å². The first-order valence-corrected chi connectivity index (χ1v) is 10.7. The van der Waals surface area contributed by atoms with Crippen LogP contribution >= 0.6 is 23.5 Å². The van der Waals surface area contributed by atoms with Crippen molar-refractivity contribution in [2.75, 3.05) is 16.8 Å². The molecule has 1 aliphatic heterocycles. The molecule has 1 amide bonds. The van der Waals surface area contributed by atoms with E-state index in [0.29, 0.717) is 27.8 Å². The fourth-order valence-electron chi connectivity index (χ4n) is 2.87. The molecule has 1 N–H and O–H groups in total. The van der Waals surface area contributed by atoms with Gasteiger partial charge in [0.15, 0.2) is 5.16 Å². The van der Waals surface area contributed by atoms with Gasteiger partial charge in [0.25, 0.3) is 5.56 Å². The maximum atomic E-state index is 13.3. The Morgan fingerprint density at radius 2 is 1.76 bits per heavy atom. The SMILES string of the molecule is O=C(CSc1nc2c(c(=O)n1-c1ccc(F)cc1)SCC2)Nc1ccc(F)cc1. The van der Waals surface area contributed by atoms with E-state index >= 15 is 0 Å². The van der Waals surface area contributed by atoms with Crippen molar-refractivity contribution in [3.05, 3.63) is 76.2 Å². The summed E-state index contributed by atoms with van der Waals surface area (Å²) in [4.78, 5) is 30.5. The van der Waals surface area contributed by atoms with E-state index in [1.807, 2.05) is 0 Å². The average Bonchev–Trinajstić information content (AvgIpc) is 3.18. The van der Waals surface area contributed by atoms with Crippen LogP contribution in [0.3, 0.4) is 0 Å². The van der Waals surface area contributed by atoms with Crippen LogP contribution in [-0.2, 0) is 11.2 Å². The van der Waals surface area contributed by atoms with E-state index in [0.717, 1.165) is 23.2 Å². The third-order valence-electron chi connectivity index (χ3n) is 4.21. The van der Waals surface area contributed by atoms with Gasteiger partial charge in [-0.1, -0.05) is 11.8 Å². The van der Waals surface area contributed by atoms with Crippen LogP contribution < -0.4 is 10.9 Å². The molecule has 0 fully saturated rings. The standard InChI is InChI=1S/C20H15F2N3O2S2/c21-12-1-5-14(6-2-12)23-17(26)11-29-20-24-16-9-10-28-18(16)19(27)25(20)15-7-3-13(22)4-8-15/h1-8H,9-11H2,(H,23,26). The van der Waals surface area contributed by atoms with Gasteiger partial charge < -0.3 is 5.32 Å². The van der Waals surface area contributed by atoms with Gasteiger partial charge in [-0.3, -0.25) is 14.2 Å². The fourth-order valence-corrected chi connectivity index (χ4v) is 4.72. The van der Waals surface area contributed by atoms with Crippen molar-refractivity contribution in [3.63, 3.8) is 0 Å². The first-order valence-electron chi connectivity index (χ1n) is 8.74. The van der Waals surface area contributed by atoms with Gasteiger partial charge in [-0.15, -0.1) is 11.8 Å². The molecule has 0 radical (unpaired) electrons. The number of nitrogens with one attached hydrogen (secondary N) is 1. The molecule has 9 heteroatoms. The normalized spacial score (nSPS) is 12.6. The molecule has 2 aromatic carbocycles. The number of amides is 1. The molecule has 3 aromatic rings. The van der Waals surface area contributed by atoms with Crippen molar-refractivity contribution in [1.29, 1.82) is 0 Å². The van der Waals surface area contributed by atoms with Crippen LogP contribution in [0.1, 0.15) is 5.69 Å². The quantitative estimate of drug-likeness (QED) is 0.491. The van der Waals surface area contributed by atoms with Gasteiger partial charge in [-0.05, 0) is 48.5 Å². The molecular weight excluding hydrogens is 416 g/mol. The Balaban J connectivity index is 1.60. The zero-order valence-corrected chi connectivity index (χ0v) is 16.7. The van der Waals surface area contributed by atoms with Crippen LogP contribution in [0.15, 0.2) is 63.4 Å². The van der Waals surface area contributed by atoms with Crippen molar-refractivity contribution < 1.29 is 13.6 Å². The molecule has 0 unspecified atom stereocenters. The van der Waals surface area contributed by atoms with E-state index in [1.54, 1.807) is 0 Å². The minimum Gasteiger partial charge on any atom is -0.325 e. The third kappa shape index (κ3) is 4.35. The van der Waals surface area contributed by atoms with Gasteiger partial charge in [0, 0.05) is 17.9 Å². The predicted octanol–water partition coefficient (Wildman–Crippen LogP) is 3.89. The highest BCUT2D eigenvalue weighted by Gasteiger charge is 2.23. The number of thioether (sulfide) groups is 2. The number of anilines is 1. The average molecular weight is 431 g/mol. The molecule has 148 valence electrons. The smallest absolute Gasteiger partial charge is 0.272 e. The summed E-state index contributed by atoms with van der Waals surface area (Å²) in [5, 5.41) is 3.05. The number of halogens is 2. The highest BCUT2D eigenvalue weighted by molar-refractivity contribution is 8.00. The summed E-state index contributed by atoms with van der Waals surface area (Å²) >= 11 is 2.57. The second-order valence-corrected chi connectivity index (χ2v) is 8.28. The fraction of sp³-hybridized carbons (Fsp3) is 0.150. The number of carbonyl (C=O) groups is 1. The van der Waals surface area contributed by atoms with Crippen molar-refractivity contribution in [2.45, 2.75) is 16.5 Å². The number of benzene rings is 2. The molecule has 0 saturated carbocycles. The number of aryl methyl sites for hydroxylation is 1. The summed E-state index contributed by atoms with van der Waals surface area (Å²) in [5.41, 5.74) is 1.47. The number of carbonyl (C=O) groups excluding carboxylic acids is 1. The Bertz CT molecular complexity index is 1120. The summed E-state index contributed by atoms with van der Waals surface area (Å²) in [6.45, 7) is 0. The minimum atomic E-state index is -0.404. The summed E-state index contributed by atoms with van der Waals surface area (Å²) in [6, 6.07) is 11.0. The molecule has 0 saturated heterocycles. The van der Waals surface area contributed by atoms with Crippen molar-refractivity contribution in [3.8, 4) is 5.69 Å². The lowest BCUT2D eigenvalue weighted by molar-refractivity contribution is -0.113. The Kier molecular flexibility index (Phi) is 5.68. The number of nitrogens with zero attached hydrogens (tertiary/aromatic N) is 2. The molecule has 0 atom stereocenters. The van der Waals surface area contributed by atoms with E-state index < -0.39 is 5.82 Å². The molecule has 29 heavy (non-hydrogen) atoms. The lowest BCUT2D eigenvalue weighted by Gasteiger charge is -2.13. The van der Waals surface area contributed by atoms with Crippen molar-refractivity contribution in [1.82, 2.24) is 9.55 Å². The molecule has 1 aromatic heterocycles.